The molecule has 1 radical (unpaired) electrons. The molecule has 0 saturated heterocycles. The first-order valence-corrected chi connectivity index (χ1v) is 2.18. The molecule has 0 bridgehead atoms. The summed E-state index contributed by atoms with van der Waals surface area (Å²) in [7, 11) is 0. The summed E-state index contributed by atoms with van der Waals surface area (Å²) < 4.78 is 0. The van der Waals surface area contributed by atoms with Gasteiger partial charge >= 0.3 is 6.01 Å². The number of hydrogen-bond acceptors (Lipinski definition) is 3. The predicted molar refractivity (Wildman–Crippen MR) is 25.0 cm³/mol. The molecule has 0 atom stereocenters. The smallest absolute Gasteiger partial charge is 0.244 e. The Balaban J connectivity index is 3.08. The Morgan fingerprint density at radius 2 is 2.25 bits per heavy atom. The number of rotatable bonds is 0. The van der Waals surface area contributed by atoms with Gasteiger partial charge in [-0.1, -0.05) is 0 Å². The Morgan fingerprint density at radius 1 is 1.50 bits per heavy atom. The zero-order valence-corrected chi connectivity index (χ0v) is 4.46. The minimum atomic E-state index is -0.606. The maximum atomic E-state index is 10.1. The van der Waals surface area contributed by atoms with Crippen molar-refractivity contribution in [2.45, 2.75) is 0 Å². The molecule has 1 aromatic rings. The van der Waals surface area contributed by atoms with Crippen LogP contribution in [-0.2, 0) is 5.11 Å². The van der Waals surface area contributed by atoms with Gasteiger partial charge in [0.25, 0.3) is 0 Å². The minimum absolute atomic E-state index is 0.0648. The number of hydrogen-bond donors (Lipinski definition) is 0. The van der Waals surface area contributed by atoms with E-state index >= 15 is 0 Å². The highest BCUT2D eigenvalue weighted by atomic mass is 35.5. The zero-order valence-electron chi connectivity index (χ0n) is 3.71. The number of nitrogens with zero attached hydrogens (tertiary/aromatic N) is 3. The summed E-state index contributed by atoms with van der Waals surface area (Å²) in [5.74, 6) is 0. The number of aromatic nitrogens is 3. The minimum Gasteiger partial charge on any atom is -0.244 e. The summed E-state index contributed by atoms with van der Waals surface area (Å²) in [6, 6.07) is -0.606. The van der Waals surface area contributed by atoms with Crippen LogP contribution in [0.5, 0.6) is 6.01 Å². The van der Waals surface area contributed by atoms with Crippen LogP contribution in [0.15, 0.2) is 6.33 Å². The van der Waals surface area contributed by atoms with Crippen molar-refractivity contribution in [3.63, 3.8) is 0 Å². The predicted octanol–water partition coefficient (Wildman–Crippen LogP) is 0.669. The molecule has 0 fully saturated rings. The van der Waals surface area contributed by atoms with Crippen LogP contribution in [0, 0.1) is 0 Å². The summed E-state index contributed by atoms with van der Waals surface area (Å²) in [5, 5.41) is 10.1. The molecule has 4 nitrogen and oxygen atoms in total. The van der Waals surface area contributed by atoms with Gasteiger partial charge in [-0.25, -0.2) is 10.1 Å². The summed E-state index contributed by atoms with van der Waals surface area (Å²) in [4.78, 5) is 9.72. The van der Waals surface area contributed by atoms with E-state index in [9.17, 15) is 5.11 Å². The monoisotopic (exact) mass is 130 g/mol. The van der Waals surface area contributed by atoms with Crippen molar-refractivity contribution in [2.24, 2.45) is 0 Å². The second-order valence-corrected chi connectivity index (χ2v) is 1.38. The molecule has 0 aliphatic heterocycles. The fourth-order valence-electron chi connectivity index (χ4n) is 0.263. The van der Waals surface area contributed by atoms with E-state index in [0.717, 1.165) is 6.33 Å². The third-order valence-corrected chi connectivity index (χ3v) is 0.702. The summed E-state index contributed by atoms with van der Waals surface area (Å²) in [6.45, 7) is 0. The molecule has 0 aromatic carbocycles. The maximum absolute atomic E-state index is 10.1. The molecule has 1 aromatic heterocycles. The Kier molecular flexibility index (Phi) is 1.26. The van der Waals surface area contributed by atoms with Crippen LogP contribution < -0.4 is 0 Å². The Morgan fingerprint density at radius 3 is 2.62 bits per heavy atom. The standard InChI is InChI=1S/C3HClN3O/c4-2-5-1-6-3(8)7-2/h1H. The van der Waals surface area contributed by atoms with Crippen LogP contribution >= 0.6 is 11.6 Å². The Bertz CT molecular complexity index is 174. The molecule has 41 valence electrons. The van der Waals surface area contributed by atoms with Crippen LogP contribution in [0.25, 0.3) is 0 Å². The van der Waals surface area contributed by atoms with E-state index in [-0.39, 0.29) is 5.28 Å². The second-order valence-electron chi connectivity index (χ2n) is 1.04. The van der Waals surface area contributed by atoms with Crippen molar-refractivity contribution in [1.29, 1.82) is 0 Å². The molecule has 0 spiro atoms. The lowest BCUT2D eigenvalue weighted by molar-refractivity contribution is 0.317. The van der Waals surface area contributed by atoms with Crippen LogP contribution in [0.3, 0.4) is 0 Å². The van der Waals surface area contributed by atoms with Crippen LogP contribution in [0.2, 0.25) is 5.28 Å². The molecule has 1 heterocycles. The average molecular weight is 131 g/mol. The van der Waals surface area contributed by atoms with E-state index < -0.39 is 6.01 Å². The van der Waals surface area contributed by atoms with Gasteiger partial charge in [0.2, 0.25) is 5.28 Å². The summed E-state index contributed by atoms with van der Waals surface area (Å²) in [6.07, 6.45) is 1.07. The lowest BCUT2D eigenvalue weighted by Gasteiger charge is -1.82. The fraction of sp³-hybridized carbons (Fsp3) is 0. The average Bonchev–Trinajstić information content (AvgIpc) is 1.64. The van der Waals surface area contributed by atoms with Crippen molar-refractivity contribution in [2.75, 3.05) is 0 Å². The largest absolute Gasteiger partial charge is 0.371 e. The molecule has 0 saturated carbocycles. The highest BCUT2D eigenvalue weighted by Crippen LogP contribution is 2.01. The first-order chi connectivity index (χ1) is 3.79. The molecule has 1 rings (SSSR count). The highest BCUT2D eigenvalue weighted by Gasteiger charge is 1.92. The van der Waals surface area contributed by atoms with Crippen LogP contribution in [0.4, 0.5) is 0 Å². The van der Waals surface area contributed by atoms with Crippen LogP contribution in [0.1, 0.15) is 0 Å². The van der Waals surface area contributed by atoms with Crippen molar-refractivity contribution < 1.29 is 5.11 Å². The van der Waals surface area contributed by atoms with Gasteiger partial charge in [-0.3, -0.25) is 0 Å². The van der Waals surface area contributed by atoms with Gasteiger partial charge in [0.05, 0.1) is 0 Å². The molecule has 5 heteroatoms. The third-order valence-electron chi connectivity index (χ3n) is 0.520. The van der Waals surface area contributed by atoms with Crippen molar-refractivity contribution >= 4 is 11.6 Å². The van der Waals surface area contributed by atoms with E-state index in [2.05, 4.69) is 15.0 Å². The molecule has 0 N–H and O–H groups in total. The summed E-state index contributed by atoms with van der Waals surface area (Å²) in [5.41, 5.74) is 0. The topological polar surface area (TPSA) is 58.6 Å². The van der Waals surface area contributed by atoms with Gasteiger partial charge in [-0.05, 0) is 11.6 Å². The summed E-state index contributed by atoms with van der Waals surface area (Å²) >= 11 is 5.18. The SMILES string of the molecule is [O]c1ncnc(Cl)n1. The van der Waals surface area contributed by atoms with E-state index in [1.165, 1.54) is 0 Å². The van der Waals surface area contributed by atoms with Gasteiger partial charge in [0, 0.05) is 0 Å². The van der Waals surface area contributed by atoms with Gasteiger partial charge in [-0.15, -0.1) is 0 Å². The van der Waals surface area contributed by atoms with Crippen LogP contribution in [-0.4, -0.2) is 15.0 Å². The van der Waals surface area contributed by atoms with E-state index in [4.69, 9.17) is 11.6 Å². The van der Waals surface area contributed by atoms with Gasteiger partial charge in [0.15, 0.2) is 0 Å². The van der Waals surface area contributed by atoms with E-state index in [0.29, 0.717) is 0 Å². The maximum Gasteiger partial charge on any atom is 0.371 e. The van der Waals surface area contributed by atoms with E-state index in [1.54, 1.807) is 0 Å². The zero-order chi connectivity index (χ0) is 5.98. The van der Waals surface area contributed by atoms with Gasteiger partial charge < -0.3 is 0 Å². The highest BCUT2D eigenvalue weighted by molar-refractivity contribution is 6.28. The Labute approximate surface area is 50.2 Å². The fourth-order valence-corrected chi connectivity index (χ4v) is 0.379. The first-order valence-electron chi connectivity index (χ1n) is 1.80. The second kappa shape index (κ2) is 1.92. The molecular formula is C3HClN3O. The van der Waals surface area contributed by atoms with Crippen molar-refractivity contribution in [3.05, 3.63) is 11.6 Å². The normalized spacial score (nSPS) is 9.12. The van der Waals surface area contributed by atoms with E-state index in [1.807, 2.05) is 0 Å². The van der Waals surface area contributed by atoms with Crippen molar-refractivity contribution in [1.82, 2.24) is 15.0 Å². The van der Waals surface area contributed by atoms with Gasteiger partial charge in [0.1, 0.15) is 6.33 Å². The third kappa shape index (κ3) is 1.04. The van der Waals surface area contributed by atoms with Crippen molar-refractivity contribution in [3.8, 4) is 6.01 Å². The molecule has 0 amide bonds. The first kappa shape index (κ1) is 5.24. The number of halogens is 1. The quantitative estimate of drug-likeness (QED) is 0.519. The molecule has 0 unspecified atom stereocenters. The lowest BCUT2D eigenvalue weighted by Crippen LogP contribution is -1.81. The molecular weight excluding hydrogens is 130 g/mol. The van der Waals surface area contributed by atoms with Gasteiger partial charge in [-0.2, -0.15) is 9.97 Å². The molecule has 0 aliphatic carbocycles. The Hall–Kier alpha value is -0.900. The lowest BCUT2D eigenvalue weighted by atomic mass is 11.0. The molecule has 8 heavy (non-hydrogen) atoms. The molecule has 0 aliphatic rings.